The van der Waals surface area contributed by atoms with Crippen molar-refractivity contribution in [2.75, 3.05) is 5.32 Å². The van der Waals surface area contributed by atoms with Gasteiger partial charge < -0.3 is 15.2 Å². The topological polar surface area (TPSA) is 141 Å². The van der Waals surface area contributed by atoms with Crippen LogP contribution in [0.25, 0.3) is 0 Å². The Morgan fingerprint density at radius 1 is 1.06 bits per heavy atom. The van der Waals surface area contributed by atoms with Gasteiger partial charge in [-0.2, -0.15) is 4.98 Å². The molecular formula is C22H17ClN6O5. The van der Waals surface area contributed by atoms with Crippen LogP contribution in [0.4, 0.5) is 11.6 Å². The lowest BCUT2D eigenvalue weighted by Gasteiger charge is -2.14. The van der Waals surface area contributed by atoms with Gasteiger partial charge in [-0.3, -0.25) is 4.57 Å². The number of aromatic carboxylic acids is 1. The number of benzene rings is 2. The van der Waals surface area contributed by atoms with Crippen molar-refractivity contribution in [2.24, 2.45) is 7.05 Å². The van der Waals surface area contributed by atoms with Crippen LogP contribution in [0.5, 0.6) is 11.6 Å². The SMILES string of the molecule is Cn1c(=O)nc(Nc2ccc(Oc3cnc(C(=O)O)cn3)cc2)n(Cc2ccc(Cl)cc2)c1=O. The Bertz CT molecular complexity index is 1450. The van der Waals surface area contributed by atoms with Gasteiger partial charge in [0.2, 0.25) is 11.8 Å². The number of anilines is 2. The van der Waals surface area contributed by atoms with E-state index in [4.69, 9.17) is 21.4 Å². The number of nitrogens with zero attached hydrogens (tertiary/aromatic N) is 5. The summed E-state index contributed by atoms with van der Waals surface area (Å²) in [7, 11) is 1.36. The zero-order chi connectivity index (χ0) is 24.2. The van der Waals surface area contributed by atoms with Crippen molar-refractivity contribution in [1.82, 2.24) is 24.1 Å². The molecule has 34 heavy (non-hydrogen) atoms. The van der Waals surface area contributed by atoms with Crippen molar-refractivity contribution < 1.29 is 14.6 Å². The van der Waals surface area contributed by atoms with Crippen molar-refractivity contribution in [2.45, 2.75) is 6.54 Å². The van der Waals surface area contributed by atoms with E-state index in [1.54, 1.807) is 48.5 Å². The second-order valence-corrected chi connectivity index (χ2v) is 7.51. The summed E-state index contributed by atoms with van der Waals surface area (Å²) in [6.45, 7) is 0.172. The molecule has 4 rings (SSSR count). The molecule has 0 unspecified atom stereocenters. The number of carbonyl (C=O) groups is 1. The van der Waals surface area contributed by atoms with Crippen LogP contribution >= 0.6 is 11.6 Å². The van der Waals surface area contributed by atoms with Gasteiger partial charge in [0, 0.05) is 17.8 Å². The Hall–Kier alpha value is -4.51. The highest BCUT2D eigenvalue weighted by Crippen LogP contribution is 2.22. The van der Waals surface area contributed by atoms with E-state index in [0.717, 1.165) is 16.3 Å². The summed E-state index contributed by atoms with van der Waals surface area (Å²) in [5, 5.41) is 12.4. The molecule has 0 aliphatic heterocycles. The number of nitrogens with one attached hydrogen (secondary N) is 1. The predicted octanol–water partition coefficient (Wildman–Crippen LogP) is 2.67. The Kier molecular flexibility index (Phi) is 6.37. The average Bonchev–Trinajstić information content (AvgIpc) is 2.83. The first kappa shape index (κ1) is 22.7. The highest BCUT2D eigenvalue weighted by Gasteiger charge is 2.12. The molecule has 2 N–H and O–H groups in total. The van der Waals surface area contributed by atoms with Crippen molar-refractivity contribution in [1.29, 1.82) is 0 Å². The molecule has 12 heteroatoms. The molecule has 0 spiro atoms. The second kappa shape index (κ2) is 9.55. The zero-order valence-electron chi connectivity index (χ0n) is 17.7. The molecule has 0 aliphatic rings. The van der Waals surface area contributed by atoms with Gasteiger partial charge in [-0.05, 0) is 42.0 Å². The van der Waals surface area contributed by atoms with Crippen LogP contribution in [0, 0.1) is 0 Å². The molecule has 2 heterocycles. The van der Waals surface area contributed by atoms with Crippen molar-refractivity contribution in [3.63, 3.8) is 0 Å². The Morgan fingerprint density at radius 2 is 1.76 bits per heavy atom. The van der Waals surface area contributed by atoms with Gasteiger partial charge >= 0.3 is 17.3 Å². The first-order chi connectivity index (χ1) is 16.3. The van der Waals surface area contributed by atoms with E-state index in [1.165, 1.54) is 17.8 Å². The molecule has 11 nitrogen and oxygen atoms in total. The van der Waals surface area contributed by atoms with E-state index in [1.807, 2.05) is 0 Å². The molecule has 0 aliphatic carbocycles. The lowest BCUT2D eigenvalue weighted by Crippen LogP contribution is -2.41. The molecule has 0 amide bonds. The predicted molar refractivity (Wildman–Crippen MR) is 123 cm³/mol. The molecule has 2 aromatic heterocycles. The van der Waals surface area contributed by atoms with E-state index in [2.05, 4.69) is 20.3 Å². The Labute approximate surface area is 196 Å². The molecule has 0 radical (unpaired) electrons. The lowest BCUT2D eigenvalue weighted by molar-refractivity contribution is 0.0690. The maximum atomic E-state index is 12.7. The smallest absolute Gasteiger partial charge is 0.356 e. The maximum Gasteiger partial charge on any atom is 0.356 e. The van der Waals surface area contributed by atoms with E-state index < -0.39 is 17.3 Å². The van der Waals surface area contributed by atoms with E-state index >= 15 is 0 Å². The van der Waals surface area contributed by atoms with Crippen LogP contribution in [-0.4, -0.2) is 35.2 Å². The third kappa shape index (κ3) is 5.10. The molecule has 0 fully saturated rings. The summed E-state index contributed by atoms with van der Waals surface area (Å²) in [4.78, 5) is 47.4. The minimum atomic E-state index is -1.19. The second-order valence-electron chi connectivity index (χ2n) is 7.07. The van der Waals surface area contributed by atoms with Crippen LogP contribution in [0.1, 0.15) is 16.1 Å². The number of carboxylic acid groups (broad SMARTS) is 1. The third-order valence-electron chi connectivity index (χ3n) is 4.70. The first-order valence-electron chi connectivity index (χ1n) is 9.83. The summed E-state index contributed by atoms with van der Waals surface area (Å²) in [5.74, 6) is -0.575. The number of halogens is 1. The summed E-state index contributed by atoms with van der Waals surface area (Å²) in [6, 6.07) is 13.5. The molecule has 0 saturated carbocycles. The van der Waals surface area contributed by atoms with Crippen LogP contribution in [0.3, 0.4) is 0 Å². The van der Waals surface area contributed by atoms with Crippen molar-refractivity contribution in [3.8, 4) is 11.6 Å². The van der Waals surface area contributed by atoms with Crippen LogP contribution in [0.15, 0.2) is 70.5 Å². The van der Waals surface area contributed by atoms with E-state index in [0.29, 0.717) is 16.5 Å². The molecule has 172 valence electrons. The normalized spacial score (nSPS) is 10.6. The van der Waals surface area contributed by atoms with Crippen LogP contribution in [0.2, 0.25) is 5.02 Å². The van der Waals surface area contributed by atoms with E-state index in [-0.39, 0.29) is 24.1 Å². The fourth-order valence-corrected chi connectivity index (χ4v) is 3.05. The number of aromatic nitrogens is 5. The maximum absolute atomic E-state index is 12.7. The molecular weight excluding hydrogens is 464 g/mol. The molecule has 4 aromatic rings. The number of ether oxygens (including phenoxy) is 1. The molecule has 0 atom stereocenters. The van der Waals surface area contributed by atoms with Crippen molar-refractivity contribution in [3.05, 3.63) is 98.2 Å². The first-order valence-corrected chi connectivity index (χ1v) is 10.2. The molecule has 2 aromatic carbocycles. The number of hydrogen-bond acceptors (Lipinski definition) is 8. The minimum absolute atomic E-state index is 0.0758. The Balaban J connectivity index is 1.56. The standard InChI is InChI=1S/C22H17ClN6O5/c1-28-21(32)27-20(29(22(28)33)12-13-2-4-14(23)5-3-13)26-15-6-8-16(9-7-15)34-18-11-24-17(10-25-18)19(30)31/h2-11H,12H2,1H3,(H,30,31)(H,26,27,32). The van der Waals surface area contributed by atoms with Gasteiger partial charge in [0.25, 0.3) is 0 Å². The minimum Gasteiger partial charge on any atom is -0.476 e. The van der Waals surface area contributed by atoms with Gasteiger partial charge in [-0.1, -0.05) is 23.7 Å². The zero-order valence-corrected chi connectivity index (χ0v) is 18.4. The van der Waals surface area contributed by atoms with Gasteiger partial charge in [-0.25, -0.2) is 28.9 Å². The van der Waals surface area contributed by atoms with E-state index in [9.17, 15) is 14.4 Å². The fraction of sp³-hybridized carbons (Fsp3) is 0.0909. The largest absolute Gasteiger partial charge is 0.476 e. The van der Waals surface area contributed by atoms with Gasteiger partial charge in [0.05, 0.1) is 18.9 Å². The Morgan fingerprint density at radius 3 is 2.38 bits per heavy atom. The summed E-state index contributed by atoms with van der Waals surface area (Å²) < 4.78 is 7.82. The summed E-state index contributed by atoms with van der Waals surface area (Å²) in [6.07, 6.45) is 2.30. The third-order valence-corrected chi connectivity index (χ3v) is 4.95. The highest BCUT2D eigenvalue weighted by atomic mass is 35.5. The monoisotopic (exact) mass is 480 g/mol. The summed E-state index contributed by atoms with van der Waals surface area (Å²) in [5.41, 5.74) is -0.0690. The highest BCUT2D eigenvalue weighted by molar-refractivity contribution is 6.30. The fourth-order valence-electron chi connectivity index (χ4n) is 2.93. The van der Waals surface area contributed by atoms with Crippen LogP contribution < -0.4 is 21.4 Å². The van der Waals surface area contributed by atoms with Gasteiger partial charge in [-0.15, -0.1) is 0 Å². The average molecular weight is 481 g/mol. The quantitative estimate of drug-likeness (QED) is 0.408. The summed E-state index contributed by atoms with van der Waals surface area (Å²) >= 11 is 5.93. The number of hydrogen-bond donors (Lipinski definition) is 2. The van der Waals surface area contributed by atoms with Gasteiger partial charge in [0.15, 0.2) is 5.69 Å². The van der Waals surface area contributed by atoms with Gasteiger partial charge in [0.1, 0.15) is 5.75 Å². The van der Waals surface area contributed by atoms with Crippen LogP contribution in [-0.2, 0) is 13.6 Å². The van der Waals surface area contributed by atoms with Crippen molar-refractivity contribution >= 4 is 29.2 Å². The lowest BCUT2D eigenvalue weighted by atomic mass is 10.2. The number of carboxylic acids is 1. The number of rotatable bonds is 7. The molecule has 0 bridgehead atoms. The molecule has 0 saturated heterocycles.